The van der Waals surface area contributed by atoms with Crippen LogP contribution in [0, 0.1) is 0 Å². The molecular weight excluding hydrogens is 416 g/mol. The smallest absolute Gasteiger partial charge is 0.323 e. The minimum Gasteiger partial charge on any atom is -0.480 e. The highest BCUT2D eigenvalue weighted by molar-refractivity contribution is 8.26. The molecule has 2 amide bonds. The average Bonchev–Trinajstić information content (AvgIpc) is 2.99. The van der Waals surface area contributed by atoms with Gasteiger partial charge in [0.1, 0.15) is 10.9 Å². The van der Waals surface area contributed by atoms with Crippen molar-refractivity contribution >= 4 is 67.5 Å². The molecule has 1 saturated heterocycles. The van der Waals surface area contributed by atoms with E-state index in [4.69, 9.17) is 21.9 Å². The van der Waals surface area contributed by atoms with E-state index in [1.807, 2.05) is 0 Å². The summed E-state index contributed by atoms with van der Waals surface area (Å²) in [7, 11) is -4.30. The zero-order valence-electron chi connectivity index (χ0n) is 13.5. The van der Waals surface area contributed by atoms with E-state index in [1.165, 1.54) is 0 Å². The van der Waals surface area contributed by atoms with Gasteiger partial charge in [0, 0.05) is 12.1 Å². The molecule has 1 aromatic carbocycles. The van der Waals surface area contributed by atoms with Crippen molar-refractivity contribution in [3.8, 4) is 0 Å². The number of anilines is 1. The second kappa shape index (κ2) is 7.03. The lowest BCUT2D eigenvalue weighted by atomic mass is 10.1. The van der Waals surface area contributed by atoms with Gasteiger partial charge < -0.3 is 5.11 Å². The molecule has 2 heterocycles. The summed E-state index contributed by atoms with van der Waals surface area (Å²) in [6.45, 7) is -0.919. The van der Waals surface area contributed by atoms with E-state index in [1.54, 1.807) is 24.3 Å². The standard InChI is InChI=1S/C15H12N2O7S3/c18-10(19)7-17-9-4-2-1-3-8(9)11(13(17)20)12-14(21)16(15(25)26-12)5-6-27(22,23)24/h1-4H,5-7H2,(H,18,19)(H,22,23,24). The normalized spacial score (nSPS) is 19.8. The molecule has 0 saturated carbocycles. The highest BCUT2D eigenvalue weighted by Gasteiger charge is 2.42. The van der Waals surface area contributed by atoms with Crippen LogP contribution in [0.15, 0.2) is 29.2 Å². The molecule has 3 rings (SSSR count). The fourth-order valence-corrected chi connectivity index (χ4v) is 4.53. The molecule has 9 nitrogen and oxygen atoms in total. The monoisotopic (exact) mass is 428 g/mol. The molecule has 2 aliphatic heterocycles. The fraction of sp³-hybridized carbons (Fsp3) is 0.200. The largest absolute Gasteiger partial charge is 0.480 e. The topological polar surface area (TPSA) is 132 Å². The van der Waals surface area contributed by atoms with E-state index >= 15 is 0 Å². The highest BCUT2D eigenvalue weighted by atomic mass is 32.2. The minimum absolute atomic E-state index is 0.000626. The van der Waals surface area contributed by atoms with Gasteiger partial charge in [-0.1, -0.05) is 42.2 Å². The van der Waals surface area contributed by atoms with E-state index in [0.29, 0.717) is 11.3 Å². The summed E-state index contributed by atoms with van der Waals surface area (Å²) in [5.41, 5.74) is 0.792. The lowest BCUT2D eigenvalue weighted by Gasteiger charge is -2.14. The first-order valence-corrected chi connectivity index (χ1v) is 10.3. The molecular formula is C15H12N2O7S3. The number of carboxylic acids is 1. The lowest BCUT2D eigenvalue weighted by Crippen LogP contribution is -2.34. The van der Waals surface area contributed by atoms with Gasteiger partial charge in [-0.25, -0.2) is 0 Å². The fourth-order valence-electron chi connectivity index (χ4n) is 2.74. The Labute approximate surface area is 163 Å². The zero-order valence-corrected chi connectivity index (χ0v) is 15.9. The van der Waals surface area contributed by atoms with Crippen molar-refractivity contribution < 1.29 is 32.5 Å². The van der Waals surface area contributed by atoms with Crippen LogP contribution < -0.4 is 4.90 Å². The summed E-state index contributed by atoms with van der Waals surface area (Å²) in [5.74, 6) is -3.21. The Morgan fingerprint density at radius 1 is 1.15 bits per heavy atom. The third-order valence-electron chi connectivity index (χ3n) is 3.87. The number of para-hydroxylation sites is 1. The first-order valence-electron chi connectivity index (χ1n) is 7.46. The minimum atomic E-state index is -4.30. The third kappa shape index (κ3) is 3.74. The number of carbonyl (C=O) groups excluding carboxylic acids is 2. The molecule has 2 N–H and O–H groups in total. The summed E-state index contributed by atoms with van der Waals surface area (Å²) in [4.78, 5) is 38.6. The van der Waals surface area contributed by atoms with Crippen LogP contribution in [0.25, 0.3) is 5.57 Å². The van der Waals surface area contributed by atoms with Gasteiger partial charge in [0.2, 0.25) is 0 Å². The molecule has 142 valence electrons. The maximum Gasteiger partial charge on any atom is 0.323 e. The number of thiocarbonyl (C=S) groups is 1. The van der Waals surface area contributed by atoms with Crippen LogP contribution in [0.4, 0.5) is 5.69 Å². The van der Waals surface area contributed by atoms with E-state index in [9.17, 15) is 22.8 Å². The number of hydrogen-bond acceptors (Lipinski definition) is 7. The molecule has 1 fully saturated rings. The summed E-state index contributed by atoms with van der Waals surface area (Å²) >= 11 is 5.93. The lowest BCUT2D eigenvalue weighted by molar-refractivity contribution is -0.136. The number of nitrogens with zero attached hydrogens (tertiary/aromatic N) is 2. The number of benzene rings is 1. The predicted octanol–water partition coefficient (Wildman–Crippen LogP) is 0.577. The van der Waals surface area contributed by atoms with Gasteiger partial charge in [-0.2, -0.15) is 8.42 Å². The number of thioether (sulfide) groups is 1. The molecule has 27 heavy (non-hydrogen) atoms. The van der Waals surface area contributed by atoms with Gasteiger partial charge in [0.05, 0.1) is 21.9 Å². The Balaban J connectivity index is 2.03. The summed E-state index contributed by atoms with van der Waals surface area (Å²) in [6.07, 6.45) is 0. The van der Waals surface area contributed by atoms with Crippen molar-refractivity contribution in [2.75, 3.05) is 23.7 Å². The number of rotatable bonds is 5. The Kier molecular flexibility index (Phi) is 5.08. The van der Waals surface area contributed by atoms with Gasteiger partial charge in [-0.05, 0) is 6.07 Å². The highest BCUT2D eigenvalue weighted by Crippen LogP contribution is 2.44. The second-order valence-electron chi connectivity index (χ2n) is 5.62. The molecule has 2 aliphatic rings. The van der Waals surface area contributed by atoms with Crippen molar-refractivity contribution in [2.24, 2.45) is 0 Å². The van der Waals surface area contributed by atoms with E-state index in [0.717, 1.165) is 21.6 Å². The maximum atomic E-state index is 12.8. The predicted molar refractivity (Wildman–Crippen MR) is 102 cm³/mol. The summed E-state index contributed by atoms with van der Waals surface area (Å²) < 4.78 is 30.8. The molecule has 0 radical (unpaired) electrons. The van der Waals surface area contributed by atoms with Gasteiger partial charge >= 0.3 is 5.97 Å². The number of amides is 2. The third-order valence-corrected chi connectivity index (χ3v) is 6.01. The van der Waals surface area contributed by atoms with Crippen LogP contribution in [0.5, 0.6) is 0 Å². The average molecular weight is 428 g/mol. The number of aliphatic carboxylic acids is 1. The Bertz CT molecular complexity index is 1020. The number of carboxylic acid groups (broad SMARTS) is 1. The molecule has 0 atom stereocenters. The first-order chi connectivity index (χ1) is 12.6. The SMILES string of the molecule is O=C(O)CN1C(=O)C(=C2SC(=S)N(CCS(=O)(=O)O)C2=O)c2ccccc21. The molecule has 12 heteroatoms. The van der Waals surface area contributed by atoms with E-state index in [2.05, 4.69) is 0 Å². The van der Waals surface area contributed by atoms with Crippen LogP contribution in [0.3, 0.4) is 0 Å². The molecule has 0 bridgehead atoms. The molecule has 0 aromatic heterocycles. The number of hydrogen-bond donors (Lipinski definition) is 2. The van der Waals surface area contributed by atoms with Crippen LogP contribution >= 0.6 is 24.0 Å². The van der Waals surface area contributed by atoms with Crippen molar-refractivity contribution in [3.63, 3.8) is 0 Å². The van der Waals surface area contributed by atoms with Crippen LogP contribution in [0.1, 0.15) is 5.56 Å². The van der Waals surface area contributed by atoms with E-state index < -0.39 is 40.2 Å². The van der Waals surface area contributed by atoms with Crippen molar-refractivity contribution in [1.29, 1.82) is 0 Å². The van der Waals surface area contributed by atoms with Crippen LogP contribution in [0.2, 0.25) is 0 Å². The summed E-state index contributed by atoms with van der Waals surface area (Å²) in [5, 5.41) is 9.06. The molecule has 0 aliphatic carbocycles. The molecule has 0 unspecified atom stereocenters. The van der Waals surface area contributed by atoms with Gasteiger partial charge in [0.15, 0.2) is 0 Å². The maximum absolute atomic E-state index is 12.8. The van der Waals surface area contributed by atoms with Crippen molar-refractivity contribution in [3.05, 3.63) is 34.7 Å². The van der Waals surface area contributed by atoms with Gasteiger partial charge in [0.25, 0.3) is 21.9 Å². The van der Waals surface area contributed by atoms with Crippen molar-refractivity contribution in [2.45, 2.75) is 0 Å². The Hall–Kier alpha value is -2.28. The Morgan fingerprint density at radius 3 is 2.44 bits per heavy atom. The second-order valence-corrected chi connectivity index (χ2v) is 8.83. The van der Waals surface area contributed by atoms with E-state index in [-0.39, 0.29) is 21.3 Å². The molecule has 0 spiro atoms. The van der Waals surface area contributed by atoms with Crippen LogP contribution in [-0.4, -0.2) is 63.9 Å². The van der Waals surface area contributed by atoms with Crippen LogP contribution in [-0.2, 0) is 24.5 Å². The zero-order chi connectivity index (χ0) is 19.9. The summed E-state index contributed by atoms with van der Waals surface area (Å²) in [6, 6.07) is 6.45. The quantitative estimate of drug-likeness (QED) is 0.392. The Morgan fingerprint density at radius 2 is 1.81 bits per heavy atom. The number of fused-ring (bicyclic) bond motifs is 1. The van der Waals surface area contributed by atoms with Crippen molar-refractivity contribution in [1.82, 2.24) is 4.90 Å². The van der Waals surface area contributed by atoms with Gasteiger partial charge in [-0.15, -0.1) is 0 Å². The van der Waals surface area contributed by atoms with Gasteiger partial charge in [-0.3, -0.25) is 28.7 Å². The molecule has 1 aromatic rings. The first kappa shape index (κ1) is 19.5. The number of carbonyl (C=O) groups is 3.